The summed E-state index contributed by atoms with van der Waals surface area (Å²) < 4.78 is 10.6. The Morgan fingerprint density at radius 1 is 1.03 bits per heavy atom. The predicted octanol–water partition coefficient (Wildman–Crippen LogP) is 5.22. The van der Waals surface area contributed by atoms with Gasteiger partial charge >= 0.3 is 5.97 Å². The van der Waals surface area contributed by atoms with Crippen molar-refractivity contribution in [3.05, 3.63) is 76.7 Å². The van der Waals surface area contributed by atoms with Crippen molar-refractivity contribution in [3.63, 3.8) is 0 Å². The lowest BCUT2D eigenvalue weighted by Gasteiger charge is -2.08. The van der Waals surface area contributed by atoms with Crippen LogP contribution >= 0.6 is 11.3 Å². The molecule has 0 saturated heterocycles. The maximum Gasteiger partial charge on any atom is 0.337 e. The highest BCUT2D eigenvalue weighted by atomic mass is 32.1. The second kappa shape index (κ2) is 8.12. The minimum absolute atomic E-state index is 0.149. The summed E-state index contributed by atoms with van der Waals surface area (Å²) in [6.45, 7) is 0. The molecule has 5 aromatic rings. The van der Waals surface area contributed by atoms with Gasteiger partial charge in [-0.25, -0.2) is 14.8 Å². The first-order chi connectivity index (χ1) is 15.6. The Labute approximate surface area is 185 Å². The van der Waals surface area contributed by atoms with Gasteiger partial charge in [-0.15, -0.1) is 11.3 Å². The van der Waals surface area contributed by atoms with Crippen LogP contribution in [0.4, 0.5) is 17.2 Å². The highest BCUT2D eigenvalue weighted by Crippen LogP contribution is 2.33. The number of thiophene rings is 1. The summed E-state index contributed by atoms with van der Waals surface area (Å²) in [7, 11) is 1.34. The third kappa shape index (κ3) is 3.65. The van der Waals surface area contributed by atoms with E-state index in [9.17, 15) is 9.59 Å². The van der Waals surface area contributed by atoms with Gasteiger partial charge in [-0.2, -0.15) is 0 Å². The van der Waals surface area contributed by atoms with Crippen molar-refractivity contribution in [1.29, 1.82) is 0 Å². The standard InChI is InChI=1S/C23H16N4O4S/c1-30-23(29)13-4-9-17-16(11-13)19-20(24-12-25-22(19)31-17)26-14-5-7-15(8-6-14)27-21(28)18-3-2-10-32-18/h2-12H,1H3,(H,27,28)(H,24,25,26). The first kappa shape index (κ1) is 19.7. The molecule has 0 saturated carbocycles. The molecule has 0 atom stereocenters. The van der Waals surface area contributed by atoms with Gasteiger partial charge in [-0.1, -0.05) is 6.07 Å². The zero-order valence-corrected chi connectivity index (χ0v) is 17.6. The van der Waals surface area contributed by atoms with Crippen LogP contribution < -0.4 is 10.6 Å². The SMILES string of the molecule is COC(=O)c1ccc2oc3ncnc(Nc4ccc(NC(=O)c5cccs5)cc4)c3c2c1. The van der Waals surface area contributed by atoms with Crippen LogP contribution in [-0.2, 0) is 4.74 Å². The van der Waals surface area contributed by atoms with Crippen molar-refractivity contribution >= 4 is 62.5 Å². The molecule has 1 amide bonds. The van der Waals surface area contributed by atoms with Gasteiger partial charge < -0.3 is 19.8 Å². The summed E-state index contributed by atoms with van der Waals surface area (Å²) in [4.78, 5) is 33.4. The summed E-state index contributed by atoms with van der Waals surface area (Å²) in [6.07, 6.45) is 1.41. The van der Waals surface area contributed by atoms with E-state index in [1.165, 1.54) is 24.8 Å². The van der Waals surface area contributed by atoms with Gasteiger partial charge in [0.1, 0.15) is 17.7 Å². The molecule has 0 fully saturated rings. The summed E-state index contributed by atoms with van der Waals surface area (Å²) in [6, 6.07) is 15.9. The molecule has 0 aliphatic rings. The van der Waals surface area contributed by atoms with Crippen molar-refractivity contribution in [3.8, 4) is 0 Å². The number of nitrogens with zero attached hydrogens (tertiary/aromatic N) is 2. The third-order valence-corrected chi connectivity index (χ3v) is 5.71. The zero-order valence-electron chi connectivity index (χ0n) is 16.8. The number of furan rings is 1. The molecule has 0 aliphatic carbocycles. The number of anilines is 3. The average molecular weight is 444 g/mol. The quantitative estimate of drug-likeness (QED) is 0.358. The molecule has 5 rings (SSSR count). The number of carbonyl (C=O) groups excluding carboxylic acids is 2. The number of amides is 1. The number of rotatable bonds is 5. The molecule has 0 aliphatic heterocycles. The number of benzene rings is 2. The molecule has 3 aromatic heterocycles. The lowest BCUT2D eigenvalue weighted by molar-refractivity contribution is 0.0601. The maximum absolute atomic E-state index is 12.2. The second-order valence-electron chi connectivity index (χ2n) is 6.84. The number of carbonyl (C=O) groups is 2. The van der Waals surface area contributed by atoms with E-state index in [0.717, 1.165) is 5.69 Å². The average Bonchev–Trinajstić information content (AvgIpc) is 3.48. The Morgan fingerprint density at radius 3 is 2.59 bits per heavy atom. The van der Waals surface area contributed by atoms with Gasteiger partial charge in [0.25, 0.3) is 5.91 Å². The van der Waals surface area contributed by atoms with E-state index in [1.54, 1.807) is 36.4 Å². The maximum atomic E-state index is 12.2. The number of aromatic nitrogens is 2. The fourth-order valence-electron chi connectivity index (χ4n) is 3.32. The lowest BCUT2D eigenvalue weighted by Crippen LogP contribution is -2.09. The molecule has 0 radical (unpaired) electrons. The van der Waals surface area contributed by atoms with Crippen LogP contribution in [0.3, 0.4) is 0 Å². The van der Waals surface area contributed by atoms with E-state index in [0.29, 0.717) is 44.0 Å². The van der Waals surface area contributed by atoms with Gasteiger partial charge in [0.2, 0.25) is 5.71 Å². The van der Waals surface area contributed by atoms with Gasteiger partial charge in [-0.3, -0.25) is 4.79 Å². The molecular weight excluding hydrogens is 428 g/mol. The minimum Gasteiger partial charge on any atom is -0.465 e. The summed E-state index contributed by atoms with van der Waals surface area (Å²) in [5.74, 6) is -0.0524. The monoisotopic (exact) mass is 444 g/mol. The van der Waals surface area contributed by atoms with E-state index < -0.39 is 5.97 Å². The number of fused-ring (bicyclic) bond motifs is 3. The Bertz CT molecular complexity index is 1440. The molecule has 3 heterocycles. The number of hydrogen-bond acceptors (Lipinski definition) is 8. The van der Waals surface area contributed by atoms with Crippen LogP contribution in [0, 0.1) is 0 Å². The number of ether oxygens (including phenoxy) is 1. The molecule has 158 valence electrons. The number of methoxy groups -OCH3 is 1. The van der Waals surface area contributed by atoms with Crippen LogP contribution in [0.2, 0.25) is 0 Å². The Hall–Kier alpha value is -4.24. The third-order valence-electron chi connectivity index (χ3n) is 4.84. The highest BCUT2D eigenvalue weighted by molar-refractivity contribution is 7.12. The van der Waals surface area contributed by atoms with Gasteiger partial charge in [0, 0.05) is 16.8 Å². The van der Waals surface area contributed by atoms with Crippen LogP contribution in [0.1, 0.15) is 20.0 Å². The minimum atomic E-state index is -0.437. The Balaban J connectivity index is 1.44. The van der Waals surface area contributed by atoms with E-state index in [1.807, 2.05) is 23.6 Å². The van der Waals surface area contributed by atoms with Crippen LogP contribution in [0.25, 0.3) is 22.1 Å². The van der Waals surface area contributed by atoms with Crippen molar-refractivity contribution in [2.45, 2.75) is 0 Å². The molecular formula is C23H16N4O4S. The summed E-state index contributed by atoms with van der Waals surface area (Å²) in [5.41, 5.74) is 2.83. The van der Waals surface area contributed by atoms with Gasteiger partial charge in [-0.05, 0) is 53.9 Å². The predicted molar refractivity (Wildman–Crippen MR) is 123 cm³/mol. The molecule has 0 unspecified atom stereocenters. The normalized spacial score (nSPS) is 10.9. The topological polar surface area (TPSA) is 106 Å². The van der Waals surface area contributed by atoms with Crippen LogP contribution in [-0.4, -0.2) is 29.0 Å². The largest absolute Gasteiger partial charge is 0.465 e. The fraction of sp³-hybridized carbons (Fsp3) is 0.0435. The Kier molecular flexibility index (Phi) is 5.00. The molecule has 8 nitrogen and oxygen atoms in total. The molecule has 9 heteroatoms. The highest BCUT2D eigenvalue weighted by Gasteiger charge is 2.16. The Morgan fingerprint density at radius 2 is 1.84 bits per heavy atom. The molecule has 0 bridgehead atoms. The van der Waals surface area contributed by atoms with E-state index in [-0.39, 0.29) is 5.91 Å². The summed E-state index contributed by atoms with van der Waals surface area (Å²) >= 11 is 1.39. The fourth-order valence-corrected chi connectivity index (χ4v) is 3.94. The van der Waals surface area contributed by atoms with Crippen LogP contribution in [0.15, 0.2) is 70.7 Å². The van der Waals surface area contributed by atoms with Gasteiger partial charge in [0.15, 0.2) is 0 Å². The first-order valence-electron chi connectivity index (χ1n) is 9.60. The van der Waals surface area contributed by atoms with Crippen molar-refractivity contribution < 1.29 is 18.7 Å². The lowest BCUT2D eigenvalue weighted by atomic mass is 10.1. The molecule has 0 spiro atoms. The number of hydrogen-bond donors (Lipinski definition) is 2. The van der Waals surface area contributed by atoms with E-state index in [4.69, 9.17) is 9.15 Å². The molecule has 32 heavy (non-hydrogen) atoms. The van der Waals surface area contributed by atoms with Gasteiger partial charge in [0.05, 0.1) is 22.9 Å². The second-order valence-corrected chi connectivity index (χ2v) is 7.79. The smallest absolute Gasteiger partial charge is 0.337 e. The number of nitrogens with one attached hydrogen (secondary N) is 2. The van der Waals surface area contributed by atoms with Crippen LogP contribution in [0.5, 0.6) is 0 Å². The van der Waals surface area contributed by atoms with E-state index in [2.05, 4.69) is 20.6 Å². The number of esters is 1. The molecule has 2 N–H and O–H groups in total. The first-order valence-corrected chi connectivity index (χ1v) is 10.5. The molecule has 2 aromatic carbocycles. The van der Waals surface area contributed by atoms with Crippen molar-refractivity contribution in [1.82, 2.24) is 9.97 Å². The summed E-state index contributed by atoms with van der Waals surface area (Å²) in [5, 5.41) is 9.34. The zero-order chi connectivity index (χ0) is 22.1. The van der Waals surface area contributed by atoms with E-state index >= 15 is 0 Å². The van der Waals surface area contributed by atoms with Crippen molar-refractivity contribution in [2.75, 3.05) is 17.7 Å². The van der Waals surface area contributed by atoms with Crippen molar-refractivity contribution in [2.24, 2.45) is 0 Å².